The Kier molecular flexibility index (Phi) is 5.44. The van der Waals surface area contributed by atoms with Crippen LogP contribution in [0.15, 0.2) is 24.3 Å². The molecule has 0 radical (unpaired) electrons. The molecule has 0 fully saturated rings. The smallest absolute Gasteiger partial charge is 0.321 e. The Hall–Kier alpha value is -1.95. The third-order valence-electron chi connectivity index (χ3n) is 2.73. The van der Waals surface area contributed by atoms with E-state index in [0.717, 1.165) is 5.56 Å². The molecule has 0 spiro atoms. The van der Waals surface area contributed by atoms with Gasteiger partial charge in [-0.05, 0) is 31.5 Å². The number of imide groups is 1. The van der Waals surface area contributed by atoms with E-state index in [-0.39, 0.29) is 11.9 Å². The fourth-order valence-electron chi connectivity index (χ4n) is 1.58. The fraction of sp³-hybridized carbons (Fsp3) is 0.385. The molecule has 5 nitrogen and oxygen atoms in total. The molecule has 1 unspecified atom stereocenters. The third kappa shape index (κ3) is 4.67. The zero-order valence-corrected chi connectivity index (χ0v) is 11.2. The van der Waals surface area contributed by atoms with Crippen LogP contribution in [0.5, 0.6) is 0 Å². The highest BCUT2D eigenvalue weighted by atomic mass is 19.1. The van der Waals surface area contributed by atoms with Gasteiger partial charge in [0.2, 0.25) is 5.91 Å². The molecule has 0 saturated heterocycles. The van der Waals surface area contributed by atoms with Crippen LogP contribution in [0.2, 0.25) is 0 Å². The van der Waals surface area contributed by atoms with Gasteiger partial charge in [0.05, 0.1) is 6.04 Å². The van der Waals surface area contributed by atoms with Crippen molar-refractivity contribution in [2.75, 3.05) is 7.05 Å². The lowest BCUT2D eigenvalue weighted by Crippen LogP contribution is -2.47. The minimum atomic E-state index is -0.548. The summed E-state index contributed by atoms with van der Waals surface area (Å²) < 4.78 is 12.8. The minimum absolute atomic E-state index is 0.133. The van der Waals surface area contributed by atoms with Gasteiger partial charge in [-0.15, -0.1) is 0 Å². The van der Waals surface area contributed by atoms with E-state index in [0.29, 0.717) is 0 Å². The Morgan fingerprint density at radius 1 is 1.16 bits per heavy atom. The zero-order chi connectivity index (χ0) is 14.4. The highest BCUT2D eigenvalue weighted by Gasteiger charge is 2.17. The summed E-state index contributed by atoms with van der Waals surface area (Å²) in [4.78, 5) is 22.6. The van der Waals surface area contributed by atoms with Gasteiger partial charge in [-0.1, -0.05) is 12.1 Å². The second kappa shape index (κ2) is 6.84. The topological polar surface area (TPSA) is 70.2 Å². The summed E-state index contributed by atoms with van der Waals surface area (Å²) in [5, 5.41) is 7.52. The number of halogens is 1. The number of carbonyl (C=O) groups excluding carboxylic acids is 2. The maximum absolute atomic E-state index is 12.8. The molecule has 104 valence electrons. The lowest BCUT2D eigenvalue weighted by Gasteiger charge is -2.19. The second-order valence-corrected chi connectivity index (χ2v) is 4.23. The number of rotatable bonds is 4. The Bertz CT molecular complexity index is 448. The second-order valence-electron chi connectivity index (χ2n) is 4.23. The molecule has 1 aromatic carbocycles. The molecule has 0 aromatic heterocycles. The van der Waals surface area contributed by atoms with Crippen LogP contribution in [0.4, 0.5) is 9.18 Å². The van der Waals surface area contributed by atoms with Crippen molar-refractivity contribution < 1.29 is 14.0 Å². The first-order chi connectivity index (χ1) is 8.93. The molecule has 0 aliphatic carbocycles. The summed E-state index contributed by atoms with van der Waals surface area (Å²) in [6.45, 7) is 3.51. The van der Waals surface area contributed by atoms with Crippen molar-refractivity contribution in [3.63, 3.8) is 0 Å². The van der Waals surface area contributed by atoms with Crippen LogP contribution in [-0.2, 0) is 4.79 Å². The van der Waals surface area contributed by atoms with Crippen molar-refractivity contribution in [2.45, 2.75) is 25.9 Å². The average Bonchev–Trinajstić information content (AvgIpc) is 2.38. The molecule has 3 amide bonds. The van der Waals surface area contributed by atoms with Gasteiger partial charge in [-0.25, -0.2) is 9.18 Å². The van der Waals surface area contributed by atoms with Crippen molar-refractivity contribution in [1.82, 2.24) is 16.0 Å². The third-order valence-corrected chi connectivity index (χ3v) is 2.73. The highest BCUT2D eigenvalue weighted by molar-refractivity contribution is 5.96. The first-order valence-electron chi connectivity index (χ1n) is 5.98. The van der Waals surface area contributed by atoms with Crippen LogP contribution in [0.25, 0.3) is 0 Å². The number of carbonyl (C=O) groups is 2. The first kappa shape index (κ1) is 15.1. The summed E-state index contributed by atoms with van der Waals surface area (Å²) in [5.41, 5.74) is 0.862. The van der Waals surface area contributed by atoms with E-state index in [1.807, 2.05) is 6.92 Å². The van der Waals surface area contributed by atoms with Crippen LogP contribution in [0.3, 0.4) is 0 Å². The summed E-state index contributed by atoms with van der Waals surface area (Å²) in [6.07, 6.45) is 0. The Balaban J connectivity index is 2.56. The van der Waals surface area contributed by atoms with E-state index >= 15 is 0 Å². The monoisotopic (exact) mass is 267 g/mol. The average molecular weight is 267 g/mol. The molecule has 1 rings (SSSR count). The molecule has 3 N–H and O–H groups in total. The van der Waals surface area contributed by atoms with Crippen LogP contribution in [0.1, 0.15) is 25.5 Å². The number of urea groups is 1. The maximum atomic E-state index is 12.8. The van der Waals surface area contributed by atoms with Gasteiger partial charge in [0.1, 0.15) is 5.82 Å². The van der Waals surface area contributed by atoms with Crippen molar-refractivity contribution >= 4 is 11.9 Å². The van der Waals surface area contributed by atoms with E-state index in [1.54, 1.807) is 19.1 Å². The zero-order valence-electron chi connectivity index (χ0n) is 11.2. The Labute approximate surface area is 111 Å². The van der Waals surface area contributed by atoms with Crippen LogP contribution >= 0.6 is 0 Å². The lowest BCUT2D eigenvalue weighted by molar-refractivity contribution is -0.121. The standard InChI is InChI=1S/C13H18FN3O2/c1-8(10-4-6-11(14)7-5-10)16-9(2)12(18)17-13(19)15-3/h4-9,16H,1-3H3,(H2,15,17,18,19)/t8-,9?/m0/s1. The molecule has 1 aromatic rings. The van der Waals surface area contributed by atoms with Gasteiger partial charge < -0.3 is 5.32 Å². The molecule has 0 aliphatic heterocycles. The predicted molar refractivity (Wildman–Crippen MR) is 70.0 cm³/mol. The maximum Gasteiger partial charge on any atom is 0.321 e. The molecule has 0 saturated carbocycles. The van der Waals surface area contributed by atoms with Crippen molar-refractivity contribution in [3.05, 3.63) is 35.6 Å². The van der Waals surface area contributed by atoms with Crippen LogP contribution in [0, 0.1) is 5.82 Å². The van der Waals surface area contributed by atoms with E-state index < -0.39 is 18.0 Å². The summed E-state index contributed by atoms with van der Waals surface area (Å²) >= 11 is 0. The lowest BCUT2D eigenvalue weighted by atomic mass is 10.1. The Morgan fingerprint density at radius 2 is 1.74 bits per heavy atom. The fourth-order valence-corrected chi connectivity index (χ4v) is 1.58. The largest absolute Gasteiger partial charge is 0.341 e. The number of benzene rings is 1. The van der Waals surface area contributed by atoms with Gasteiger partial charge >= 0.3 is 6.03 Å². The molecular weight excluding hydrogens is 249 g/mol. The molecule has 0 bridgehead atoms. The summed E-state index contributed by atoms with van der Waals surface area (Å²) in [7, 11) is 1.43. The van der Waals surface area contributed by atoms with E-state index in [4.69, 9.17) is 0 Å². The van der Waals surface area contributed by atoms with Crippen LogP contribution in [-0.4, -0.2) is 25.0 Å². The van der Waals surface area contributed by atoms with Crippen molar-refractivity contribution in [2.24, 2.45) is 0 Å². The quantitative estimate of drug-likeness (QED) is 0.770. The number of hydrogen-bond acceptors (Lipinski definition) is 3. The molecule has 6 heteroatoms. The Morgan fingerprint density at radius 3 is 2.26 bits per heavy atom. The first-order valence-corrected chi connectivity index (χ1v) is 5.98. The van der Waals surface area contributed by atoms with E-state index in [1.165, 1.54) is 19.2 Å². The van der Waals surface area contributed by atoms with Gasteiger partial charge in [0.25, 0.3) is 0 Å². The summed E-state index contributed by atoms with van der Waals surface area (Å²) in [5.74, 6) is -0.727. The van der Waals surface area contributed by atoms with Gasteiger partial charge in [0.15, 0.2) is 0 Å². The van der Waals surface area contributed by atoms with Gasteiger partial charge in [-0.3, -0.25) is 15.4 Å². The highest BCUT2D eigenvalue weighted by Crippen LogP contribution is 2.13. The normalized spacial score (nSPS) is 13.5. The van der Waals surface area contributed by atoms with Gasteiger partial charge in [-0.2, -0.15) is 0 Å². The summed E-state index contributed by atoms with van der Waals surface area (Å²) in [6, 6.07) is 4.80. The molecule has 2 atom stereocenters. The van der Waals surface area contributed by atoms with E-state index in [2.05, 4.69) is 16.0 Å². The van der Waals surface area contributed by atoms with Crippen LogP contribution < -0.4 is 16.0 Å². The SMILES string of the molecule is CNC(=O)NC(=O)C(C)N[C@@H](C)c1ccc(F)cc1. The van der Waals surface area contributed by atoms with Crippen molar-refractivity contribution in [1.29, 1.82) is 0 Å². The van der Waals surface area contributed by atoms with E-state index in [9.17, 15) is 14.0 Å². The molecule has 19 heavy (non-hydrogen) atoms. The predicted octanol–water partition coefficient (Wildman–Crippen LogP) is 1.32. The number of nitrogens with one attached hydrogen (secondary N) is 3. The molecule has 0 aliphatic rings. The number of hydrogen-bond donors (Lipinski definition) is 3. The number of amides is 3. The molecular formula is C13H18FN3O2. The molecule has 0 heterocycles. The minimum Gasteiger partial charge on any atom is -0.341 e. The van der Waals surface area contributed by atoms with Crippen molar-refractivity contribution in [3.8, 4) is 0 Å². The van der Waals surface area contributed by atoms with Gasteiger partial charge in [0, 0.05) is 13.1 Å².